The van der Waals surface area contributed by atoms with Crippen LogP contribution in [0.2, 0.25) is 0 Å². The highest BCUT2D eigenvalue weighted by Crippen LogP contribution is 2.40. The molecule has 1 heterocycles. The van der Waals surface area contributed by atoms with Crippen molar-refractivity contribution >= 4 is 27.8 Å². The number of hydrogen-bond acceptors (Lipinski definition) is 4. The van der Waals surface area contributed by atoms with Gasteiger partial charge in [-0.1, -0.05) is 146 Å². The van der Waals surface area contributed by atoms with E-state index in [1.165, 1.54) is 16.3 Å². The summed E-state index contributed by atoms with van der Waals surface area (Å²) in [6.07, 6.45) is 0. The van der Waals surface area contributed by atoms with Gasteiger partial charge in [0.15, 0.2) is 17.5 Å². The molecule has 7 aromatic carbocycles. The molecule has 0 aliphatic heterocycles. The van der Waals surface area contributed by atoms with Gasteiger partial charge in [-0.2, -0.15) is 0 Å². The Bertz CT molecular complexity index is 2240. The minimum Gasteiger partial charge on any atom is -0.310 e. The third-order valence-electron chi connectivity index (χ3n) is 8.33. The minimum absolute atomic E-state index is 0.611. The number of anilines is 3. The molecular formula is C43H30N4. The quantitative estimate of drug-likeness (QED) is 0.182. The third-order valence-corrected chi connectivity index (χ3v) is 8.33. The molecule has 0 aliphatic rings. The van der Waals surface area contributed by atoms with E-state index in [2.05, 4.69) is 138 Å². The van der Waals surface area contributed by atoms with E-state index in [1.807, 2.05) is 48.5 Å². The van der Waals surface area contributed by atoms with Gasteiger partial charge in [-0.15, -0.1) is 0 Å². The summed E-state index contributed by atoms with van der Waals surface area (Å²) >= 11 is 0. The Balaban J connectivity index is 1.28. The summed E-state index contributed by atoms with van der Waals surface area (Å²) in [5.41, 5.74) is 8.20. The van der Waals surface area contributed by atoms with E-state index >= 15 is 0 Å². The van der Waals surface area contributed by atoms with Crippen molar-refractivity contribution in [3.05, 3.63) is 182 Å². The Kier molecular flexibility index (Phi) is 7.50. The molecule has 0 radical (unpaired) electrons. The van der Waals surface area contributed by atoms with Gasteiger partial charge in [0.1, 0.15) is 0 Å². The number of fused-ring (bicyclic) bond motifs is 1. The molecule has 0 aliphatic carbocycles. The van der Waals surface area contributed by atoms with Gasteiger partial charge in [0.25, 0.3) is 0 Å². The number of rotatable bonds is 7. The Hall–Kier alpha value is -6.39. The lowest BCUT2D eigenvalue weighted by Crippen LogP contribution is -2.12. The zero-order chi connectivity index (χ0) is 31.4. The van der Waals surface area contributed by atoms with E-state index in [0.717, 1.165) is 39.3 Å². The van der Waals surface area contributed by atoms with E-state index in [0.29, 0.717) is 17.5 Å². The average Bonchev–Trinajstić information content (AvgIpc) is 3.16. The van der Waals surface area contributed by atoms with Crippen LogP contribution in [0.4, 0.5) is 17.1 Å². The monoisotopic (exact) mass is 602 g/mol. The fourth-order valence-electron chi connectivity index (χ4n) is 6.06. The lowest BCUT2D eigenvalue weighted by molar-refractivity contribution is 1.07. The summed E-state index contributed by atoms with van der Waals surface area (Å²) in [4.78, 5) is 17.5. The molecule has 4 heteroatoms. The third kappa shape index (κ3) is 5.65. The fourth-order valence-corrected chi connectivity index (χ4v) is 6.06. The van der Waals surface area contributed by atoms with Crippen molar-refractivity contribution in [1.82, 2.24) is 15.0 Å². The molecule has 0 bridgehead atoms. The van der Waals surface area contributed by atoms with Gasteiger partial charge in [0.2, 0.25) is 0 Å². The van der Waals surface area contributed by atoms with Crippen molar-refractivity contribution in [2.24, 2.45) is 0 Å². The van der Waals surface area contributed by atoms with Crippen LogP contribution in [-0.4, -0.2) is 15.0 Å². The lowest BCUT2D eigenvalue weighted by atomic mass is 9.97. The fraction of sp³-hybridized carbons (Fsp3) is 0. The first-order valence-corrected chi connectivity index (χ1v) is 15.7. The first-order valence-electron chi connectivity index (χ1n) is 15.7. The molecule has 0 saturated carbocycles. The Morgan fingerprint density at radius 1 is 0.319 bits per heavy atom. The van der Waals surface area contributed by atoms with Crippen LogP contribution in [0, 0.1) is 0 Å². The highest BCUT2D eigenvalue weighted by atomic mass is 15.1. The normalized spacial score (nSPS) is 11.0. The van der Waals surface area contributed by atoms with Crippen LogP contribution in [0.3, 0.4) is 0 Å². The van der Waals surface area contributed by atoms with Crippen LogP contribution in [0.5, 0.6) is 0 Å². The summed E-state index contributed by atoms with van der Waals surface area (Å²) in [6.45, 7) is 0. The molecule has 0 amide bonds. The van der Waals surface area contributed by atoms with Crippen LogP contribution in [0.1, 0.15) is 0 Å². The lowest BCUT2D eigenvalue weighted by Gasteiger charge is -2.27. The number of benzene rings is 7. The van der Waals surface area contributed by atoms with Gasteiger partial charge in [-0.25, -0.2) is 15.0 Å². The standard InChI is InChI=1S/C43H30N4/c1-4-16-33(17-5-1)41-44-42(34-29-27-32(28-30-34)38-25-14-18-31-15-10-11-23-37(31)38)46-43(45-41)39-24-12-13-26-40(39)47(35-19-6-2-7-20-35)36-21-8-3-9-22-36/h1-30H. The van der Waals surface area contributed by atoms with Crippen molar-refractivity contribution in [3.8, 4) is 45.3 Å². The number of aromatic nitrogens is 3. The maximum Gasteiger partial charge on any atom is 0.166 e. The first kappa shape index (κ1) is 28.1. The van der Waals surface area contributed by atoms with Gasteiger partial charge in [-0.05, 0) is 58.3 Å². The van der Waals surface area contributed by atoms with Crippen molar-refractivity contribution in [2.75, 3.05) is 4.90 Å². The second kappa shape index (κ2) is 12.5. The molecule has 8 aromatic rings. The van der Waals surface area contributed by atoms with E-state index in [4.69, 9.17) is 15.0 Å². The summed E-state index contributed by atoms with van der Waals surface area (Å²) in [5, 5.41) is 2.46. The molecule has 0 unspecified atom stereocenters. The summed E-state index contributed by atoms with van der Waals surface area (Å²) in [7, 11) is 0. The Morgan fingerprint density at radius 2 is 0.787 bits per heavy atom. The van der Waals surface area contributed by atoms with Crippen molar-refractivity contribution in [3.63, 3.8) is 0 Å². The van der Waals surface area contributed by atoms with E-state index in [1.54, 1.807) is 0 Å². The van der Waals surface area contributed by atoms with E-state index in [9.17, 15) is 0 Å². The molecular weight excluding hydrogens is 573 g/mol. The number of hydrogen-bond donors (Lipinski definition) is 0. The molecule has 0 atom stereocenters. The van der Waals surface area contributed by atoms with Gasteiger partial charge in [-0.3, -0.25) is 0 Å². The maximum atomic E-state index is 5.13. The molecule has 0 fully saturated rings. The zero-order valence-electron chi connectivity index (χ0n) is 25.6. The SMILES string of the molecule is c1ccc(-c2nc(-c3ccc(-c4cccc5ccccc45)cc3)nc(-c3ccccc3N(c3ccccc3)c3ccccc3)n2)cc1. The van der Waals surface area contributed by atoms with Crippen LogP contribution in [0.15, 0.2) is 182 Å². The molecule has 0 N–H and O–H groups in total. The summed E-state index contributed by atoms with van der Waals surface area (Å²) < 4.78 is 0. The van der Waals surface area contributed by atoms with Crippen LogP contribution in [-0.2, 0) is 0 Å². The number of nitrogens with zero attached hydrogens (tertiary/aromatic N) is 4. The molecule has 0 saturated heterocycles. The van der Waals surface area contributed by atoms with E-state index in [-0.39, 0.29) is 0 Å². The van der Waals surface area contributed by atoms with Gasteiger partial charge < -0.3 is 4.90 Å². The smallest absolute Gasteiger partial charge is 0.166 e. The minimum atomic E-state index is 0.611. The Labute approximate surface area is 274 Å². The summed E-state index contributed by atoms with van der Waals surface area (Å²) in [5.74, 6) is 1.86. The van der Waals surface area contributed by atoms with Gasteiger partial charge in [0.05, 0.1) is 5.69 Å². The predicted molar refractivity (Wildman–Crippen MR) is 194 cm³/mol. The van der Waals surface area contributed by atoms with Crippen LogP contribution in [0.25, 0.3) is 56.1 Å². The average molecular weight is 603 g/mol. The van der Waals surface area contributed by atoms with Gasteiger partial charge in [0, 0.05) is 28.1 Å². The van der Waals surface area contributed by atoms with Crippen LogP contribution < -0.4 is 4.90 Å². The summed E-state index contributed by atoms with van der Waals surface area (Å²) in [6, 6.07) is 62.7. The second-order valence-corrected chi connectivity index (χ2v) is 11.3. The first-order chi connectivity index (χ1) is 23.3. The largest absolute Gasteiger partial charge is 0.310 e. The van der Waals surface area contributed by atoms with Gasteiger partial charge >= 0.3 is 0 Å². The van der Waals surface area contributed by atoms with Crippen LogP contribution >= 0.6 is 0 Å². The van der Waals surface area contributed by atoms with Crippen molar-refractivity contribution in [1.29, 1.82) is 0 Å². The van der Waals surface area contributed by atoms with Crippen molar-refractivity contribution in [2.45, 2.75) is 0 Å². The highest BCUT2D eigenvalue weighted by molar-refractivity contribution is 5.97. The highest BCUT2D eigenvalue weighted by Gasteiger charge is 2.20. The van der Waals surface area contributed by atoms with E-state index < -0.39 is 0 Å². The Morgan fingerprint density at radius 3 is 1.47 bits per heavy atom. The molecule has 47 heavy (non-hydrogen) atoms. The molecule has 4 nitrogen and oxygen atoms in total. The second-order valence-electron chi connectivity index (χ2n) is 11.3. The maximum absolute atomic E-state index is 5.13. The zero-order valence-corrected chi connectivity index (χ0v) is 25.6. The molecule has 0 spiro atoms. The number of para-hydroxylation sites is 3. The molecule has 222 valence electrons. The molecule has 1 aromatic heterocycles. The predicted octanol–water partition coefficient (Wildman–Crippen LogP) is 11.2. The van der Waals surface area contributed by atoms with Crippen molar-refractivity contribution < 1.29 is 0 Å². The topological polar surface area (TPSA) is 41.9 Å². The molecule has 8 rings (SSSR count).